The molecular weight excluding hydrogens is 349 g/mol. The van der Waals surface area contributed by atoms with Crippen molar-refractivity contribution in [2.75, 3.05) is 6.54 Å². The number of rotatable bonds is 4. The second-order valence-corrected chi connectivity index (χ2v) is 6.30. The minimum atomic E-state index is -4.48. The van der Waals surface area contributed by atoms with E-state index in [4.69, 9.17) is 0 Å². The van der Waals surface area contributed by atoms with E-state index in [1.54, 1.807) is 6.07 Å². The molecule has 0 aliphatic heterocycles. The monoisotopic (exact) mass is 368 g/mol. The number of carbonyl (C=O) groups is 1. The van der Waals surface area contributed by atoms with Crippen molar-refractivity contribution in [1.29, 1.82) is 0 Å². The van der Waals surface area contributed by atoms with E-state index < -0.39 is 23.3 Å². The van der Waals surface area contributed by atoms with Gasteiger partial charge in [0.2, 0.25) is 0 Å². The number of alkyl halides is 3. The van der Waals surface area contributed by atoms with Crippen molar-refractivity contribution in [3.8, 4) is 0 Å². The molecule has 0 bridgehead atoms. The number of aromatic nitrogens is 3. The van der Waals surface area contributed by atoms with Gasteiger partial charge in [-0.1, -0.05) is 0 Å². The predicted octanol–water partition coefficient (Wildman–Crippen LogP) is 1.91. The fourth-order valence-electron chi connectivity index (χ4n) is 3.22. The standard InChI is InChI=1S/C17H19F3N4O2/c1-23-9-4-6-12(16(23)26)15(25)21-8-10-24-13-7-3-2-5-11(13)14(22-24)17(18,19)20/h4,6,9H,2-3,5,7-8,10H2,1H3,(H,21,25). The first-order valence-corrected chi connectivity index (χ1v) is 8.38. The van der Waals surface area contributed by atoms with Gasteiger partial charge in [0.05, 0.1) is 6.54 Å². The number of halogens is 3. The lowest BCUT2D eigenvalue weighted by Crippen LogP contribution is -2.34. The number of hydrogen-bond acceptors (Lipinski definition) is 3. The van der Waals surface area contributed by atoms with Gasteiger partial charge in [-0.3, -0.25) is 14.3 Å². The van der Waals surface area contributed by atoms with Crippen molar-refractivity contribution < 1.29 is 18.0 Å². The van der Waals surface area contributed by atoms with Gasteiger partial charge >= 0.3 is 6.18 Å². The Bertz CT molecular complexity index is 883. The molecule has 0 spiro atoms. The SMILES string of the molecule is Cn1cccc(C(=O)NCCn2nc(C(F)(F)F)c3c2CCCC3)c1=O. The molecule has 6 nitrogen and oxygen atoms in total. The third kappa shape index (κ3) is 3.51. The normalized spacial score (nSPS) is 14.2. The Morgan fingerprint density at radius 2 is 2.04 bits per heavy atom. The van der Waals surface area contributed by atoms with Crippen LogP contribution in [0.25, 0.3) is 0 Å². The van der Waals surface area contributed by atoms with Crippen molar-refractivity contribution in [3.05, 3.63) is 51.2 Å². The van der Waals surface area contributed by atoms with Crippen molar-refractivity contribution in [2.24, 2.45) is 7.05 Å². The molecular formula is C17H19F3N4O2. The largest absolute Gasteiger partial charge is 0.435 e. The molecule has 0 saturated heterocycles. The van der Waals surface area contributed by atoms with Gasteiger partial charge in [0.15, 0.2) is 5.69 Å². The van der Waals surface area contributed by atoms with Crippen LogP contribution in [-0.2, 0) is 32.6 Å². The summed E-state index contributed by atoms with van der Waals surface area (Å²) in [4.78, 5) is 24.0. The summed E-state index contributed by atoms with van der Waals surface area (Å²) in [5, 5.41) is 6.31. The van der Waals surface area contributed by atoms with E-state index in [9.17, 15) is 22.8 Å². The van der Waals surface area contributed by atoms with Crippen LogP contribution < -0.4 is 10.9 Å². The van der Waals surface area contributed by atoms with Crippen LogP contribution in [0.3, 0.4) is 0 Å². The van der Waals surface area contributed by atoms with E-state index in [2.05, 4.69) is 10.4 Å². The summed E-state index contributed by atoms with van der Waals surface area (Å²) in [6.07, 6.45) is -0.486. The van der Waals surface area contributed by atoms with E-state index >= 15 is 0 Å². The number of amides is 1. The lowest BCUT2D eigenvalue weighted by molar-refractivity contribution is -0.142. The number of pyridine rings is 1. The molecule has 3 rings (SSSR count). The second kappa shape index (κ2) is 6.97. The van der Waals surface area contributed by atoms with Crippen LogP contribution >= 0.6 is 0 Å². The number of nitrogens with zero attached hydrogens (tertiary/aromatic N) is 3. The highest BCUT2D eigenvalue weighted by Gasteiger charge is 2.39. The third-order valence-electron chi connectivity index (χ3n) is 4.50. The Morgan fingerprint density at radius 3 is 2.77 bits per heavy atom. The van der Waals surface area contributed by atoms with E-state index in [1.165, 1.54) is 28.6 Å². The maximum atomic E-state index is 13.2. The lowest BCUT2D eigenvalue weighted by Gasteiger charge is -2.15. The molecule has 1 aliphatic carbocycles. The van der Waals surface area contributed by atoms with E-state index in [0.717, 1.165) is 12.8 Å². The first-order chi connectivity index (χ1) is 12.3. The summed E-state index contributed by atoms with van der Waals surface area (Å²) in [5.41, 5.74) is -0.398. The van der Waals surface area contributed by atoms with Gasteiger partial charge in [0.1, 0.15) is 5.56 Å². The average molecular weight is 368 g/mol. The number of nitrogens with one attached hydrogen (secondary N) is 1. The van der Waals surface area contributed by atoms with Crippen LogP contribution in [0.15, 0.2) is 23.1 Å². The Hall–Kier alpha value is -2.58. The molecule has 0 fully saturated rings. The molecule has 26 heavy (non-hydrogen) atoms. The molecule has 0 radical (unpaired) electrons. The molecule has 140 valence electrons. The van der Waals surface area contributed by atoms with Gasteiger partial charge in [-0.25, -0.2) is 0 Å². The van der Waals surface area contributed by atoms with Gasteiger partial charge in [-0.05, 0) is 37.8 Å². The number of aryl methyl sites for hydroxylation is 1. The van der Waals surface area contributed by atoms with E-state index in [0.29, 0.717) is 18.5 Å². The van der Waals surface area contributed by atoms with Crippen LogP contribution in [0.5, 0.6) is 0 Å². The summed E-state index contributed by atoms with van der Waals surface area (Å²) in [7, 11) is 1.54. The molecule has 0 atom stereocenters. The minimum Gasteiger partial charge on any atom is -0.350 e. The molecule has 2 aromatic rings. The van der Waals surface area contributed by atoms with Crippen LogP contribution in [0.4, 0.5) is 13.2 Å². The summed E-state index contributed by atoms with van der Waals surface area (Å²) >= 11 is 0. The highest BCUT2D eigenvalue weighted by molar-refractivity contribution is 5.93. The number of hydrogen-bond donors (Lipinski definition) is 1. The summed E-state index contributed by atoms with van der Waals surface area (Å²) < 4.78 is 42.1. The maximum absolute atomic E-state index is 13.2. The number of fused-ring (bicyclic) bond motifs is 1. The maximum Gasteiger partial charge on any atom is 0.435 e. The fraction of sp³-hybridized carbons (Fsp3) is 0.471. The summed E-state index contributed by atoms with van der Waals surface area (Å²) in [6.45, 7) is 0.208. The molecule has 2 heterocycles. The van der Waals surface area contributed by atoms with E-state index in [1.807, 2.05) is 0 Å². The highest BCUT2D eigenvalue weighted by Crippen LogP contribution is 2.35. The van der Waals surface area contributed by atoms with Crippen molar-refractivity contribution in [3.63, 3.8) is 0 Å². The van der Waals surface area contributed by atoms with Crippen molar-refractivity contribution in [1.82, 2.24) is 19.7 Å². The van der Waals surface area contributed by atoms with Gasteiger partial charge in [-0.2, -0.15) is 18.3 Å². The summed E-state index contributed by atoms with van der Waals surface area (Å²) in [5.74, 6) is -0.553. The quantitative estimate of drug-likeness (QED) is 0.896. The molecule has 1 amide bonds. The third-order valence-corrected chi connectivity index (χ3v) is 4.50. The van der Waals surface area contributed by atoms with Gasteiger partial charge in [0.25, 0.3) is 11.5 Å². The van der Waals surface area contributed by atoms with Crippen LogP contribution in [0, 0.1) is 0 Å². The van der Waals surface area contributed by atoms with Crippen LogP contribution in [0.1, 0.15) is 40.2 Å². The highest BCUT2D eigenvalue weighted by atomic mass is 19.4. The molecule has 2 aromatic heterocycles. The fourth-order valence-corrected chi connectivity index (χ4v) is 3.22. The van der Waals surface area contributed by atoms with Gasteiger partial charge < -0.3 is 9.88 Å². The Morgan fingerprint density at radius 1 is 1.31 bits per heavy atom. The zero-order valence-electron chi connectivity index (χ0n) is 14.3. The lowest BCUT2D eigenvalue weighted by atomic mass is 9.95. The van der Waals surface area contributed by atoms with Crippen molar-refractivity contribution in [2.45, 2.75) is 38.4 Å². The second-order valence-electron chi connectivity index (χ2n) is 6.30. The molecule has 0 saturated carbocycles. The smallest absolute Gasteiger partial charge is 0.350 e. The Kier molecular flexibility index (Phi) is 4.88. The van der Waals surface area contributed by atoms with E-state index in [-0.39, 0.29) is 24.2 Å². The Labute approximate surface area is 147 Å². The topological polar surface area (TPSA) is 68.9 Å². The zero-order valence-corrected chi connectivity index (χ0v) is 14.3. The van der Waals surface area contributed by atoms with Gasteiger partial charge in [0, 0.05) is 31.0 Å². The van der Waals surface area contributed by atoms with Crippen molar-refractivity contribution >= 4 is 5.91 Å². The first kappa shape index (κ1) is 18.2. The molecule has 1 aliphatic rings. The molecule has 0 unspecified atom stereocenters. The van der Waals surface area contributed by atoms with Crippen LogP contribution in [-0.4, -0.2) is 26.8 Å². The molecule has 1 N–H and O–H groups in total. The number of carbonyl (C=O) groups excluding carboxylic acids is 1. The first-order valence-electron chi connectivity index (χ1n) is 8.38. The predicted molar refractivity (Wildman–Crippen MR) is 87.9 cm³/mol. The molecule has 0 aromatic carbocycles. The Balaban J connectivity index is 1.72. The average Bonchev–Trinajstić information content (AvgIpc) is 2.96. The zero-order chi connectivity index (χ0) is 18.9. The molecule has 9 heteroatoms. The minimum absolute atomic E-state index is 0.00604. The summed E-state index contributed by atoms with van der Waals surface area (Å²) in [6, 6.07) is 2.99. The van der Waals surface area contributed by atoms with Gasteiger partial charge in [-0.15, -0.1) is 0 Å². The van der Waals surface area contributed by atoms with Crippen LogP contribution in [0.2, 0.25) is 0 Å².